The SMILES string of the molecule is CC(C)(Oc1ccc(S(C)(=O)=O)cc1C(=O)N1CCN(c2ncc(C(F)(F)F)cc2F)CC1)C(F)(F)F. The second-order valence-electron chi connectivity index (χ2n) is 8.85. The lowest BCUT2D eigenvalue weighted by Crippen LogP contribution is -2.49. The van der Waals surface area contributed by atoms with E-state index in [1.165, 1.54) is 9.80 Å². The van der Waals surface area contributed by atoms with Gasteiger partial charge >= 0.3 is 12.4 Å². The van der Waals surface area contributed by atoms with Crippen LogP contribution in [0.1, 0.15) is 29.8 Å². The second kappa shape index (κ2) is 9.65. The van der Waals surface area contributed by atoms with Crippen molar-refractivity contribution in [1.82, 2.24) is 9.88 Å². The number of hydrogen-bond donors (Lipinski definition) is 0. The Morgan fingerprint density at radius 2 is 1.59 bits per heavy atom. The van der Waals surface area contributed by atoms with Crippen molar-refractivity contribution in [3.05, 3.63) is 47.4 Å². The van der Waals surface area contributed by atoms with Crippen molar-refractivity contribution in [3.8, 4) is 5.75 Å². The molecule has 0 N–H and O–H groups in total. The quantitative estimate of drug-likeness (QED) is 0.510. The third-order valence-corrected chi connectivity index (χ3v) is 6.78. The van der Waals surface area contributed by atoms with Gasteiger partial charge in [0.15, 0.2) is 27.1 Å². The van der Waals surface area contributed by atoms with Crippen LogP contribution in [0.15, 0.2) is 35.4 Å². The molecule has 1 aromatic heterocycles. The highest BCUT2D eigenvalue weighted by molar-refractivity contribution is 7.90. The fourth-order valence-electron chi connectivity index (χ4n) is 3.44. The molecule has 7 nitrogen and oxygen atoms in total. The summed E-state index contributed by atoms with van der Waals surface area (Å²) in [5.74, 6) is -2.88. The first kappa shape index (κ1) is 28.5. The lowest BCUT2D eigenvalue weighted by Gasteiger charge is -2.36. The van der Waals surface area contributed by atoms with Crippen molar-refractivity contribution in [1.29, 1.82) is 0 Å². The zero-order chi connectivity index (χ0) is 28.0. The van der Waals surface area contributed by atoms with E-state index in [-0.39, 0.29) is 36.9 Å². The van der Waals surface area contributed by atoms with Gasteiger partial charge in [-0.3, -0.25) is 4.79 Å². The third kappa shape index (κ3) is 6.25. The molecule has 1 aliphatic rings. The summed E-state index contributed by atoms with van der Waals surface area (Å²) in [6.07, 6.45) is -8.24. The lowest BCUT2D eigenvalue weighted by molar-refractivity contribution is -0.234. The van der Waals surface area contributed by atoms with Gasteiger partial charge in [-0.15, -0.1) is 0 Å². The minimum atomic E-state index is -4.81. The van der Waals surface area contributed by atoms with Gasteiger partial charge in [0, 0.05) is 38.6 Å². The molecule has 0 atom stereocenters. The number of piperazine rings is 1. The summed E-state index contributed by atoms with van der Waals surface area (Å²) >= 11 is 0. The number of sulfone groups is 1. The molecule has 1 aromatic carbocycles. The van der Waals surface area contributed by atoms with Crippen LogP contribution in [0.4, 0.5) is 36.6 Å². The number of hydrogen-bond acceptors (Lipinski definition) is 6. The number of carbonyl (C=O) groups excluding carboxylic acids is 1. The van der Waals surface area contributed by atoms with E-state index in [2.05, 4.69) is 4.98 Å². The molecule has 1 fully saturated rings. The Labute approximate surface area is 207 Å². The smallest absolute Gasteiger partial charge is 0.427 e. The number of benzene rings is 1. The van der Waals surface area contributed by atoms with Gasteiger partial charge in [-0.2, -0.15) is 26.3 Å². The molecule has 0 bridgehead atoms. The highest BCUT2D eigenvalue weighted by Gasteiger charge is 2.50. The van der Waals surface area contributed by atoms with Crippen LogP contribution in [0, 0.1) is 5.82 Å². The molecule has 2 aromatic rings. The van der Waals surface area contributed by atoms with Gasteiger partial charge in [-0.1, -0.05) is 0 Å². The van der Waals surface area contributed by atoms with Gasteiger partial charge in [-0.25, -0.2) is 17.8 Å². The molecule has 0 saturated carbocycles. The maximum atomic E-state index is 14.3. The van der Waals surface area contributed by atoms with Gasteiger partial charge in [0.1, 0.15) is 5.75 Å². The van der Waals surface area contributed by atoms with Gasteiger partial charge in [-0.05, 0) is 38.1 Å². The Bertz CT molecular complexity index is 1290. The minimum absolute atomic E-state index is 0.0585. The third-order valence-electron chi connectivity index (χ3n) is 5.67. The van der Waals surface area contributed by atoms with Crippen LogP contribution in [0.5, 0.6) is 5.75 Å². The van der Waals surface area contributed by atoms with Crippen LogP contribution in [-0.4, -0.2) is 68.4 Å². The molecule has 1 amide bonds. The Morgan fingerprint density at radius 1 is 1.00 bits per heavy atom. The van der Waals surface area contributed by atoms with E-state index in [1.54, 1.807) is 0 Å². The zero-order valence-corrected chi connectivity index (χ0v) is 20.6. The zero-order valence-electron chi connectivity index (χ0n) is 19.7. The summed E-state index contributed by atoms with van der Waals surface area (Å²) in [6, 6.07) is 3.21. The number of anilines is 1. The van der Waals surface area contributed by atoms with E-state index < -0.39 is 56.4 Å². The fraction of sp³-hybridized carbons (Fsp3) is 0.455. The monoisotopic (exact) mass is 557 g/mol. The predicted molar refractivity (Wildman–Crippen MR) is 118 cm³/mol. The molecule has 0 radical (unpaired) electrons. The van der Waals surface area contributed by atoms with Crippen LogP contribution >= 0.6 is 0 Å². The van der Waals surface area contributed by atoms with Crippen LogP contribution in [0.2, 0.25) is 0 Å². The predicted octanol–water partition coefficient (Wildman–Crippen LogP) is 4.33. The van der Waals surface area contributed by atoms with E-state index >= 15 is 0 Å². The number of aromatic nitrogens is 1. The molecular weight excluding hydrogens is 535 g/mol. The van der Waals surface area contributed by atoms with Crippen molar-refractivity contribution in [2.45, 2.75) is 36.7 Å². The number of halogens is 7. The number of alkyl halides is 6. The summed E-state index contributed by atoms with van der Waals surface area (Å²) in [4.78, 5) is 19.0. The van der Waals surface area contributed by atoms with Gasteiger partial charge in [0.2, 0.25) is 0 Å². The average molecular weight is 557 g/mol. The Morgan fingerprint density at radius 3 is 2.08 bits per heavy atom. The minimum Gasteiger partial charge on any atom is -0.478 e. The van der Waals surface area contributed by atoms with E-state index in [9.17, 15) is 43.9 Å². The van der Waals surface area contributed by atoms with Crippen molar-refractivity contribution in [2.75, 3.05) is 37.3 Å². The number of ether oxygens (including phenoxy) is 1. The summed E-state index contributed by atoms with van der Waals surface area (Å²) in [7, 11) is -3.83. The van der Waals surface area contributed by atoms with E-state index in [4.69, 9.17) is 4.74 Å². The Hall–Kier alpha value is -3.10. The molecule has 1 aliphatic heterocycles. The van der Waals surface area contributed by atoms with Crippen molar-refractivity contribution < 1.29 is 48.7 Å². The maximum absolute atomic E-state index is 14.3. The Balaban J connectivity index is 1.85. The molecular formula is C22H22F7N3O4S. The van der Waals surface area contributed by atoms with Crippen molar-refractivity contribution >= 4 is 21.6 Å². The number of pyridine rings is 1. The van der Waals surface area contributed by atoms with E-state index in [0.29, 0.717) is 12.3 Å². The molecule has 2 heterocycles. The number of nitrogens with zero attached hydrogens (tertiary/aromatic N) is 3. The first-order valence-electron chi connectivity index (χ1n) is 10.7. The van der Waals surface area contributed by atoms with Crippen LogP contribution < -0.4 is 9.64 Å². The number of carbonyl (C=O) groups is 1. The lowest BCUT2D eigenvalue weighted by atomic mass is 10.1. The summed E-state index contributed by atoms with van der Waals surface area (Å²) in [5.41, 5.74) is -4.39. The van der Waals surface area contributed by atoms with Crippen LogP contribution in [0.25, 0.3) is 0 Å². The molecule has 1 saturated heterocycles. The first-order valence-corrected chi connectivity index (χ1v) is 12.6. The standard InChI is InChI=1S/C22H22F7N3O4S/c1-20(2,22(27,28)29)36-17-5-4-14(37(3,34)35)11-15(17)19(33)32-8-6-31(7-9-32)18-16(23)10-13(12-30-18)21(24,25)26/h4-5,10-12H,6-9H2,1-3H3. The van der Waals surface area contributed by atoms with Crippen LogP contribution in [0.3, 0.4) is 0 Å². The first-order chi connectivity index (χ1) is 16.8. The van der Waals surface area contributed by atoms with Crippen molar-refractivity contribution in [2.24, 2.45) is 0 Å². The topological polar surface area (TPSA) is 79.8 Å². The van der Waals surface area contributed by atoms with Gasteiger partial charge in [0.25, 0.3) is 5.91 Å². The summed E-state index contributed by atoms with van der Waals surface area (Å²) < 4.78 is 122. The van der Waals surface area contributed by atoms with Crippen molar-refractivity contribution in [3.63, 3.8) is 0 Å². The number of rotatable bonds is 5. The average Bonchev–Trinajstić information content (AvgIpc) is 2.76. The molecule has 37 heavy (non-hydrogen) atoms. The normalized spacial score (nSPS) is 15.6. The van der Waals surface area contributed by atoms with Crippen LogP contribution in [-0.2, 0) is 16.0 Å². The van der Waals surface area contributed by atoms with Gasteiger partial charge in [0.05, 0.1) is 16.0 Å². The fourth-order valence-corrected chi connectivity index (χ4v) is 4.09. The summed E-state index contributed by atoms with van der Waals surface area (Å²) in [5, 5.41) is 0. The molecule has 3 rings (SSSR count). The van der Waals surface area contributed by atoms with E-state index in [1.807, 2.05) is 0 Å². The summed E-state index contributed by atoms with van der Waals surface area (Å²) in [6.45, 7) is 1.17. The van der Waals surface area contributed by atoms with E-state index in [0.717, 1.165) is 38.3 Å². The van der Waals surface area contributed by atoms with Gasteiger partial charge < -0.3 is 14.5 Å². The molecule has 0 unspecified atom stereocenters. The second-order valence-corrected chi connectivity index (χ2v) is 10.9. The molecule has 204 valence electrons. The largest absolute Gasteiger partial charge is 0.478 e. The maximum Gasteiger partial charge on any atom is 0.427 e. The Kier molecular flexibility index (Phi) is 7.43. The molecule has 0 spiro atoms. The highest BCUT2D eigenvalue weighted by Crippen LogP contribution is 2.37. The molecule has 15 heteroatoms. The molecule has 0 aliphatic carbocycles. The highest BCUT2D eigenvalue weighted by atomic mass is 32.2. The number of amides is 1.